The first-order valence-electron chi connectivity index (χ1n) is 6.58. The molecule has 0 aromatic rings. The summed E-state index contributed by atoms with van der Waals surface area (Å²) in [5, 5.41) is 14.9. The Morgan fingerprint density at radius 1 is 1.28 bits per heavy atom. The molecule has 0 aromatic carbocycles. The van der Waals surface area contributed by atoms with Crippen LogP contribution in [-0.2, 0) is 4.79 Å². The van der Waals surface area contributed by atoms with Crippen molar-refractivity contribution in [1.29, 1.82) is 0 Å². The Labute approximate surface area is 108 Å². The van der Waals surface area contributed by atoms with Crippen molar-refractivity contribution in [2.45, 2.75) is 38.1 Å². The van der Waals surface area contributed by atoms with E-state index in [0.717, 1.165) is 32.2 Å². The van der Waals surface area contributed by atoms with Crippen molar-refractivity contribution in [2.24, 2.45) is 0 Å². The molecule has 1 unspecified atom stereocenters. The fourth-order valence-electron chi connectivity index (χ4n) is 2.17. The summed E-state index contributed by atoms with van der Waals surface area (Å²) >= 11 is 0. The summed E-state index contributed by atoms with van der Waals surface area (Å²) in [6, 6.07) is -0.919. The number of carboxylic acid groups (broad SMARTS) is 1. The zero-order valence-corrected chi connectivity index (χ0v) is 10.9. The number of likely N-dealkylation sites (tertiary alicyclic amines) is 1. The monoisotopic (exact) mass is 257 g/mol. The zero-order valence-electron chi connectivity index (χ0n) is 10.9. The third kappa shape index (κ3) is 4.52. The van der Waals surface area contributed by atoms with Crippen molar-refractivity contribution < 1.29 is 14.7 Å². The Hall–Kier alpha value is -1.30. The Balaban J connectivity index is 2.48. The van der Waals surface area contributed by atoms with Gasteiger partial charge in [-0.2, -0.15) is 0 Å². The lowest BCUT2D eigenvalue weighted by Gasteiger charge is -2.27. The first-order chi connectivity index (χ1) is 8.66. The van der Waals surface area contributed by atoms with Gasteiger partial charge in [0.05, 0.1) is 0 Å². The number of nitrogens with one attached hydrogen (secondary N) is 2. The second-order valence-electron chi connectivity index (χ2n) is 4.59. The van der Waals surface area contributed by atoms with Crippen LogP contribution < -0.4 is 10.6 Å². The maximum Gasteiger partial charge on any atom is 0.326 e. The van der Waals surface area contributed by atoms with E-state index < -0.39 is 12.0 Å². The molecule has 6 heteroatoms. The highest BCUT2D eigenvalue weighted by Gasteiger charge is 2.30. The Bertz CT molecular complexity index is 284. The molecule has 3 N–H and O–H groups in total. The number of urea groups is 1. The molecule has 6 nitrogen and oxygen atoms in total. The van der Waals surface area contributed by atoms with Crippen LogP contribution in [0.1, 0.15) is 32.1 Å². The molecule has 1 aliphatic heterocycles. The minimum absolute atomic E-state index is 0.250. The maximum atomic E-state index is 12.0. The van der Waals surface area contributed by atoms with Crippen LogP contribution in [0.2, 0.25) is 0 Å². The minimum Gasteiger partial charge on any atom is -0.480 e. The van der Waals surface area contributed by atoms with Crippen LogP contribution in [0.25, 0.3) is 0 Å². The standard InChI is InChI=1S/C12H23N3O3/c1-13-7-5-8-14-12(18)15-9-4-2-3-6-10(15)11(16)17/h10,13H,2-9H2,1H3,(H,14,18)(H,16,17). The molecule has 2 amide bonds. The van der Waals surface area contributed by atoms with Gasteiger partial charge in [-0.15, -0.1) is 0 Å². The molecular formula is C12H23N3O3. The SMILES string of the molecule is CNCCCNC(=O)N1CCCCCC1C(=O)O. The molecule has 0 spiro atoms. The summed E-state index contributed by atoms with van der Waals surface area (Å²) < 4.78 is 0. The van der Waals surface area contributed by atoms with E-state index in [2.05, 4.69) is 10.6 Å². The lowest BCUT2D eigenvalue weighted by Crippen LogP contribution is -2.49. The van der Waals surface area contributed by atoms with E-state index in [4.69, 9.17) is 5.11 Å². The average molecular weight is 257 g/mol. The number of carboxylic acids is 1. The Kier molecular flexibility index (Phi) is 6.49. The van der Waals surface area contributed by atoms with Crippen molar-refractivity contribution in [1.82, 2.24) is 15.5 Å². The van der Waals surface area contributed by atoms with Gasteiger partial charge in [-0.3, -0.25) is 0 Å². The van der Waals surface area contributed by atoms with Gasteiger partial charge in [0.1, 0.15) is 6.04 Å². The molecule has 0 saturated carbocycles. The molecule has 104 valence electrons. The number of hydrogen-bond acceptors (Lipinski definition) is 3. The number of aliphatic carboxylic acids is 1. The van der Waals surface area contributed by atoms with Crippen molar-refractivity contribution in [3.8, 4) is 0 Å². The molecule has 1 saturated heterocycles. The van der Waals surface area contributed by atoms with Crippen LogP contribution in [0, 0.1) is 0 Å². The molecule has 18 heavy (non-hydrogen) atoms. The van der Waals surface area contributed by atoms with E-state index >= 15 is 0 Å². The number of carbonyl (C=O) groups excluding carboxylic acids is 1. The highest BCUT2D eigenvalue weighted by molar-refractivity contribution is 5.82. The van der Waals surface area contributed by atoms with Crippen LogP contribution >= 0.6 is 0 Å². The predicted molar refractivity (Wildman–Crippen MR) is 68.5 cm³/mol. The van der Waals surface area contributed by atoms with Crippen molar-refractivity contribution >= 4 is 12.0 Å². The van der Waals surface area contributed by atoms with Crippen LogP contribution in [-0.4, -0.2) is 54.7 Å². The topological polar surface area (TPSA) is 81.7 Å². The highest BCUT2D eigenvalue weighted by atomic mass is 16.4. The van der Waals surface area contributed by atoms with Crippen molar-refractivity contribution in [3.63, 3.8) is 0 Å². The molecular weight excluding hydrogens is 234 g/mol. The number of nitrogens with zero attached hydrogens (tertiary/aromatic N) is 1. The third-order valence-corrected chi connectivity index (χ3v) is 3.18. The van der Waals surface area contributed by atoms with E-state index in [1.54, 1.807) is 0 Å². The lowest BCUT2D eigenvalue weighted by atomic mass is 10.1. The molecule has 0 bridgehead atoms. The first kappa shape index (κ1) is 14.8. The summed E-state index contributed by atoms with van der Waals surface area (Å²) in [6.07, 6.45) is 4.15. The smallest absolute Gasteiger partial charge is 0.326 e. The minimum atomic E-state index is -0.901. The average Bonchev–Trinajstić information content (AvgIpc) is 2.59. The second-order valence-corrected chi connectivity index (χ2v) is 4.59. The largest absolute Gasteiger partial charge is 0.480 e. The van der Waals surface area contributed by atoms with Gasteiger partial charge in [-0.25, -0.2) is 9.59 Å². The lowest BCUT2D eigenvalue weighted by molar-refractivity contribution is -0.142. The number of rotatable bonds is 5. The summed E-state index contributed by atoms with van der Waals surface area (Å²) in [6.45, 7) is 1.94. The van der Waals surface area contributed by atoms with Gasteiger partial charge >= 0.3 is 12.0 Å². The summed E-state index contributed by atoms with van der Waals surface area (Å²) in [4.78, 5) is 24.6. The van der Waals surface area contributed by atoms with Gasteiger partial charge in [-0.1, -0.05) is 12.8 Å². The van der Waals surface area contributed by atoms with Crippen LogP contribution in [0.4, 0.5) is 4.79 Å². The molecule has 0 aromatic heterocycles. The Morgan fingerprint density at radius 3 is 2.72 bits per heavy atom. The molecule has 1 atom stereocenters. The van der Waals surface area contributed by atoms with E-state index in [1.165, 1.54) is 4.90 Å². The Morgan fingerprint density at radius 2 is 2.06 bits per heavy atom. The van der Waals surface area contributed by atoms with Gasteiger partial charge in [-0.05, 0) is 32.9 Å². The summed E-state index contributed by atoms with van der Waals surface area (Å²) in [5.74, 6) is -0.901. The van der Waals surface area contributed by atoms with Gasteiger partial charge in [0.2, 0.25) is 0 Å². The molecule has 0 radical (unpaired) electrons. The van der Waals surface area contributed by atoms with Crippen LogP contribution in [0.3, 0.4) is 0 Å². The van der Waals surface area contributed by atoms with Crippen LogP contribution in [0.5, 0.6) is 0 Å². The van der Waals surface area contributed by atoms with Gasteiger partial charge in [0.15, 0.2) is 0 Å². The summed E-state index contributed by atoms with van der Waals surface area (Å²) in [5.41, 5.74) is 0. The molecule has 1 heterocycles. The van der Waals surface area contributed by atoms with Gasteiger partial charge in [0.25, 0.3) is 0 Å². The molecule has 0 aliphatic carbocycles. The quantitative estimate of drug-likeness (QED) is 0.631. The van der Waals surface area contributed by atoms with E-state index in [1.807, 2.05) is 7.05 Å². The zero-order chi connectivity index (χ0) is 13.4. The van der Waals surface area contributed by atoms with Crippen molar-refractivity contribution in [2.75, 3.05) is 26.7 Å². The fraction of sp³-hybridized carbons (Fsp3) is 0.833. The first-order valence-corrected chi connectivity index (χ1v) is 6.58. The maximum absolute atomic E-state index is 12.0. The normalized spacial score (nSPS) is 20.3. The third-order valence-electron chi connectivity index (χ3n) is 3.18. The molecule has 1 rings (SSSR count). The summed E-state index contributed by atoms with van der Waals surface area (Å²) in [7, 11) is 1.86. The number of hydrogen-bond donors (Lipinski definition) is 3. The second kappa shape index (κ2) is 7.92. The molecule has 1 aliphatic rings. The number of amides is 2. The van der Waals surface area contributed by atoms with Gasteiger partial charge < -0.3 is 20.6 Å². The number of carbonyl (C=O) groups is 2. The van der Waals surface area contributed by atoms with E-state index in [0.29, 0.717) is 19.5 Å². The fourth-order valence-corrected chi connectivity index (χ4v) is 2.17. The molecule has 1 fully saturated rings. The predicted octanol–water partition coefficient (Wildman–Crippen LogP) is 0.635. The van der Waals surface area contributed by atoms with Gasteiger partial charge in [0, 0.05) is 13.1 Å². The van der Waals surface area contributed by atoms with E-state index in [9.17, 15) is 9.59 Å². The van der Waals surface area contributed by atoms with Crippen molar-refractivity contribution in [3.05, 3.63) is 0 Å². The van der Waals surface area contributed by atoms with Crippen LogP contribution in [0.15, 0.2) is 0 Å². The van der Waals surface area contributed by atoms with E-state index in [-0.39, 0.29) is 6.03 Å². The highest BCUT2D eigenvalue weighted by Crippen LogP contribution is 2.17.